The fraction of sp³-hybridized carbons (Fsp3) is 0.581. The van der Waals surface area contributed by atoms with Gasteiger partial charge in [-0.05, 0) is 80.7 Å². The summed E-state index contributed by atoms with van der Waals surface area (Å²) in [6, 6.07) is 22.4. The van der Waals surface area contributed by atoms with Crippen molar-refractivity contribution in [2.24, 2.45) is 5.92 Å². The number of hydrogen-bond acceptors (Lipinski definition) is 4. The molecule has 6 rings (SSSR count). The Labute approximate surface area is 217 Å². The Balaban J connectivity index is 1.52. The maximum Gasteiger partial charge on any atom is 0.248 e. The van der Waals surface area contributed by atoms with Gasteiger partial charge in [0.15, 0.2) is 0 Å². The van der Waals surface area contributed by atoms with E-state index in [1.165, 1.54) is 56.3 Å². The van der Waals surface area contributed by atoms with Crippen molar-refractivity contribution >= 4 is 5.91 Å². The fourth-order valence-electron chi connectivity index (χ4n) is 7.35. The molecule has 3 aliphatic heterocycles. The number of nitrogens with zero attached hydrogens (tertiary/aromatic N) is 3. The van der Waals surface area contributed by atoms with Crippen LogP contribution < -0.4 is 5.43 Å². The van der Waals surface area contributed by atoms with Gasteiger partial charge in [-0.2, -0.15) is 0 Å². The highest BCUT2D eigenvalue weighted by atomic mass is 16.2. The van der Waals surface area contributed by atoms with Gasteiger partial charge in [-0.15, -0.1) is 0 Å². The molecule has 194 valence electrons. The van der Waals surface area contributed by atoms with Gasteiger partial charge in [0.05, 0.1) is 6.54 Å². The first-order valence-corrected chi connectivity index (χ1v) is 14.2. The number of likely N-dealkylation sites (N-methyl/N-ethyl adjacent to an activating group) is 1. The van der Waals surface area contributed by atoms with Crippen LogP contribution in [0.5, 0.6) is 0 Å². The third-order valence-electron chi connectivity index (χ3n) is 9.18. The van der Waals surface area contributed by atoms with Crippen LogP contribution in [-0.4, -0.2) is 72.1 Å². The van der Waals surface area contributed by atoms with Gasteiger partial charge in [0.2, 0.25) is 5.91 Å². The monoisotopic (exact) mass is 488 g/mol. The number of benzene rings is 2. The summed E-state index contributed by atoms with van der Waals surface area (Å²) in [5.74, 6) is 1.55. The third-order valence-corrected chi connectivity index (χ3v) is 9.18. The van der Waals surface area contributed by atoms with Gasteiger partial charge in [-0.25, -0.2) is 5.01 Å². The van der Waals surface area contributed by atoms with Crippen molar-refractivity contribution in [3.63, 3.8) is 0 Å². The predicted molar refractivity (Wildman–Crippen MR) is 147 cm³/mol. The quantitative estimate of drug-likeness (QED) is 0.575. The van der Waals surface area contributed by atoms with Crippen molar-refractivity contribution in [2.75, 3.05) is 45.8 Å². The number of fused-ring (bicyclic) bond motifs is 4. The number of nitrogens with one attached hydrogen (secondary N) is 1. The van der Waals surface area contributed by atoms with Gasteiger partial charge in [-0.3, -0.25) is 20.0 Å². The Bertz CT molecular complexity index is 921. The molecule has 5 heteroatoms. The molecule has 0 aromatic heterocycles. The van der Waals surface area contributed by atoms with Crippen molar-refractivity contribution in [1.82, 2.24) is 20.2 Å². The molecule has 2 aromatic carbocycles. The second kappa shape index (κ2) is 11.5. The Hall–Kier alpha value is -2.21. The van der Waals surface area contributed by atoms with Gasteiger partial charge < -0.3 is 0 Å². The summed E-state index contributed by atoms with van der Waals surface area (Å²) < 4.78 is 0. The molecule has 4 aliphatic rings. The van der Waals surface area contributed by atoms with Gasteiger partial charge in [0, 0.05) is 18.6 Å². The fourth-order valence-corrected chi connectivity index (χ4v) is 7.35. The number of carbonyl (C=O) groups excluding carboxylic acids is 1. The summed E-state index contributed by atoms with van der Waals surface area (Å²) >= 11 is 0. The SMILES string of the molecule is CCN(CC)CC(=O)NN1CC2C(c3ccccc3)CC(N3CCCCC3)(CC2c2ccccc2)C1. The molecule has 3 heterocycles. The lowest BCUT2D eigenvalue weighted by atomic mass is 9.61. The van der Waals surface area contributed by atoms with Crippen LogP contribution in [0.4, 0.5) is 0 Å². The molecule has 1 saturated carbocycles. The molecule has 2 unspecified atom stereocenters. The largest absolute Gasteiger partial charge is 0.296 e. The predicted octanol–water partition coefficient (Wildman–Crippen LogP) is 4.88. The van der Waals surface area contributed by atoms with E-state index in [1.807, 2.05) is 0 Å². The number of rotatable bonds is 8. The normalized spacial score (nSPS) is 29.2. The van der Waals surface area contributed by atoms with E-state index in [1.54, 1.807) is 0 Å². The number of hydrogen-bond donors (Lipinski definition) is 1. The molecule has 1 aliphatic carbocycles. The van der Waals surface area contributed by atoms with Crippen molar-refractivity contribution in [3.8, 4) is 0 Å². The first-order chi connectivity index (χ1) is 17.6. The summed E-state index contributed by atoms with van der Waals surface area (Å²) in [7, 11) is 0. The average molecular weight is 489 g/mol. The first-order valence-electron chi connectivity index (χ1n) is 14.2. The van der Waals surface area contributed by atoms with E-state index in [2.05, 4.69) is 94.7 Å². The number of amides is 1. The molecule has 1 N–H and O–H groups in total. The summed E-state index contributed by atoms with van der Waals surface area (Å²) in [5, 5.41) is 2.32. The van der Waals surface area contributed by atoms with E-state index in [-0.39, 0.29) is 11.4 Å². The Morgan fingerprint density at radius 3 is 1.97 bits per heavy atom. The lowest BCUT2D eigenvalue weighted by Gasteiger charge is -2.53. The smallest absolute Gasteiger partial charge is 0.248 e. The van der Waals surface area contributed by atoms with Crippen molar-refractivity contribution < 1.29 is 4.79 Å². The van der Waals surface area contributed by atoms with Crippen LogP contribution in [-0.2, 0) is 4.79 Å². The first kappa shape index (κ1) is 25.4. The van der Waals surface area contributed by atoms with E-state index in [0.717, 1.165) is 26.2 Å². The molecule has 2 aromatic rings. The minimum Gasteiger partial charge on any atom is -0.296 e. The van der Waals surface area contributed by atoms with Crippen molar-refractivity contribution in [2.45, 2.75) is 63.3 Å². The highest BCUT2D eigenvalue weighted by molar-refractivity contribution is 5.77. The van der Waals surface area contributed by atoms with E-state index < -0.39 is 0 Å². The highest BCUT2D eigenvalue weighted by Gasteiger charge is 2.53. The average Bonchev–Trinajstić information content (AvgIpc) is 3.20. The zero-order valence-corrected chi connectivity index (χ0v) is 22.2. The molecular weight excluding hydrogens is 444 g/mol. The number of piperidine rings is 1. The minimum absolute atomic E-state index is 0.0664. The maximum atomic E-state index is 13.2. The lowest BCUT2D eigenvalue weighted by Crippen LogP contribution is -2.60. The van der Waals surface area contributed by atoms with Gasteiger partial charge in [0.25, 0.3) is 0 Å². The van der Waals surface area contributed by atoms with Gasteiger partial charge in [0.1, 0.15) is 0 Å². The molecule has 0 spiro atoms. The van der Waals surface area contributed by atoms with Crippen molar-refractivity contribution in [1.29, 1.82) is 0 Å². The van der Waals surface area contributed by atoms with Crippen LogP contribution in [0, 0.1) is 5.92 Å². The van der Waals surface area contributed by atoms with Gasteiger partial charge >= 0.3 is 0 Å². The summed E-state index contributed by atoms with van der Waals surface area (Å²) in [4.78, 5) is 18.2. The molecule has 3 saturated heterocycles. The Morgan fingerprint density at radius 1 is 0.889 bits per heavy atom. The van der Waals surface area contributed by atoms with Gasteiger partial charge in [-0.1, -0.05) is 80.9 Å². The number of hydrazine groups is 1. The molecule has 0 radical (unpaired) electrons. The third kappa shape index (κ3) is 5.39. The second-order valence-corrected chi connectivity index (χ2v) is 11.3. The standard InChI is InChI=1S/C31H44N4O/c1-3-33(4-2)23-30(36)32-35-22-29-27(25-14-8-5-9-15-25)20-31(24-35,34-18-12-7-13-19-34)21-28(29)26-16-10-6-11-17-26/h5-6,8-11,14-17,27-29H,3-4,7,12-13,18-24H2,1-2H3,(H,32,36). The van der Waals surface area contributed by atoms with E-state index in [9.17, 15) is 4.79 Å². The van der Waals surface area contributed by atoms with Crippen LogP contribution in [0.25, 0.3) is 0 Å². The molecule has 4 fully saturated rings. The maximum absolute atomic E-state index is 13.2. The highest BCUT2D eigenvalue weighted by Crippen LogP contribution is 2.54. The van der Waals surface area contributed by atoms with Crippen LogP contribution in [0.3, 0.4) is 0 Å². The van der Waals surface area contributed by atoms with E-state index in [0.29, 0.717) is 24.3 Å². The summed E-state index contributed by atoms with van der Waals surface area (Å²) in [6.07, 6.45) is 6.25. The second-order valence-electron chi connectivity index (χ2n) is 11.3. The molecule has 5 nitrogen and oxygen atoms in total. The molecule has 2 bridgehead atoms. The Morgan fingerprint density at radius 2 is 1.44 bits per heavy atom. The summed E-state index contributed by atoms with van der Waals surface area (Å²) in [5.41, 5.74) is 6.38. The van der Waals surface area contributed by atoms with E-state index in [4.69, 9.17) is 0 Å². The number of likely N-dealkylation sites (tertiary alicyclic amines) is 1. The van der Waals surface area contributed by atoms with Crippen LogP contribution in [0.1, 0.15) is 68.9 Å². The molecule has 2 atom stereocenters. The Kier molecular flexibility index (Phi) is 8.09. The molecular formula is C31H44N4O. The zero-order valence-electron chi connectivity index (χ0n) is 22.2. The topological polar surface area (TPSA) is 38.8 Å². The van der Waals surface area contributed by atoms with E-state index >= 15 is 0 Å². The lowest BCUT2D eigenvalue weighted by molar-refractivity contribution is -0.127. The molecule has 1 amide bonds. The van der Waals surface area contributed by atoms with Crippen LogP contribution >= 0.6 is 0 Å². The minimum atomic E-state index is 0.0664. The van der Waals surface area contributed by atoms with Crippen molar-refractivity contribution in [3.05, 3.63) is 71.8 Å². The van der Waals surface area contributed by atoms with Crippen LogP contribution in [0.15, 0.2) is 60.7 Å². The summed E-state index contributed by atoms with van der Waals surface area (Å²) in [6.45, 7) is 10.7. The van der Waals surface area contributed by atoms with Crippen LogP contribution in [0.2, 0.25) is 0 Å². The number of carbonyl (C=O) groups is 1. The molecule has 36 heavy (non-hydrogen) atoms. The zero-order chi connectivity index (χ0) is 25.0.